The fourth-order valence-electron chi connectivity index (χ4n) is 4.34. The van der Waals surface area contributed by atoms with Gasteiger partial charge < -0.3 is 24.8 Å². The topological polar surface area (TPSA) is 79.6 Å². The van der Waals surface area contributed by atoms with Crippen molar-refractivity contribution < 1.29 is 13.5 Å². The van der Waals surface area contributed by atoms with Crippen LogP contribution in [0.4, 0.5) is 14.5 Å². The second-order valence-corrected chi connectivity index (χ2v) is 8.11. The van der Waals surface area contributed by atoms with Crippen LogP contribution in [-0.4, -0.2) is 53.0 Å². The van der Waals surface area contributed by atoms with E-state index in [2.05, 4.69) is 30.3 Å². The standard InChI is InChI=1S/C22H31F2N7O/c1-2-25-22(26-14-20-29-28-19-10-4-3-7-12-31(19)20)27-16-11-13-30(15-16)17-8-5-6-9-18(17)32-21(23)24/h5-6,8-9,16,21H,2-4,7,10-15H2,1H3,(H2,25,26,27). The maximum atomic E-state index is 12.8. The largest absolute Gasteiger partial charge is 0.433 e. The minimum absolute atomic E-state index is 0.142. The first-order valence-corrected chi connectivity index (χ1v) is 11.4. The monoisotopic (exact) mass is 447 g/mol. The van der Waals surface area contributed by atoms with E-state index in [1.807, 2.05) is 19.1 Å². The third-order valence-electron chi connectivity index (χ3n) is 5.86. The second kappa shape index (κ2) is 10.6. The van der Waals surface area contributed by atoms with E-state index in [1.54, 1.807) is 12.1 Å². The second-order valence-electron chi connectivity index (χ2n) is 8.11. The van der Waals surface area contributed by atoms with E-state index in [0.717, 1.165) is 62.9 Å². The van der Waals surface area contributed by atoms with Gasteiger partial charge in [0.25, 0.3) is 0 Å². The van der Waals surface area contributed by atoms with Crippen LogP contribution in [0.5, 0.6) is 5.75 Å². The molecule has 1 aromatic carbocycles. The number of anilines is 1. The molecule has 2 aliphatic rings. The number of fused-ring (bicyclic) bond motifs is 1. The van der Waals surface area contributed by atoms with E-state index >= 15 is 0 Å². The lowest BCUT2D eigenvalue weighted by molar-refractivity contribution is -0.0495. The van der Waals surface area contributed by atoms with E-state index < -0.39 is 6.61 Å². The predicted molar refractivity (Wildman–Crippen MR) is 119 cm³/mol. The number of alkyl halides is 2. The van der Waals surface area contributed by atoms with E-state index in [1.165, 1.54) is 6.42 Å². The quantitative estimate of drug-likeness (QED) is 0.502. The molecule has 0 amide bonds. The van der Waals surface area contributed by atoms with Crippen molar-refractivity contribution in [3.63, 3.8) is 0 Å². The zero-order chi connectivity index (χ0) is 22.3. The Morgan fingerprint density at radius 2 is 2.09 bits per heavy atom. The molecule has 8 nitrogen and oxygen atoms in total. The molecule has 0 spiro atoms. The molecule has 32 heavy (non-hydrogen) atoms. The van der Waals surface area contributed by atoms with Gasteiger partial charge in [0.2, 0.25) is 0 Å². The molecule has 4 rings (SSSR count). The van der Waals surface area contributed by atoms with Crippen molar-refractivity contribution in [3.05, 3.63) is 35.9 Å². The Morgan fingerprint density at radius 1 is 1.22 bits per heavy atom. The van der Waals surface area contributed by atoms with Crippen LogP contribution in [-0.2, 0) is 19.5 Å². The van der Waals surface area contributed by atoms with Crippen molar-refractivity contribution in [1.82, 2.24) is 25.4 Å². The van der Waals surface area contributed by atoms with Gasteiger partial charge >= 0.3 is 6.61 Å². The van der Waals surface area contributed by atoms with Crippen molar-refractivity contribution in [2.24, 2.45) is 4.99 Å². The highest BCUT2D eigenvalue weighted by Gasteiger charge is 2.26. The van der Waals surface area contributed by atoms with Gasteiger partial charge in [-0.3, -0.25) is 0 Å². The van der Waals surface area contributed by atoms with Gasteiger partial charge in [-0.15, -0.1) is 10.2 Å². The highest BCUT2D eigenvalue weighted by molar-refractivity contribution is 5.80. The van der Waals surface area contributed by atoms with Crippen molar-refractivity contribution in [1.29, 1.82) is 0 Å². The number of hydrogen-bond donors (Lipinski definition) is 2. The summed E-state index contributed by atoms with van der Waals surface area (Å²) in [6.07, 6.45) is 5.38. The average molecular weight is 448 g/mol. The van der Waals surface area contributed by atoms with Crippen molar-refractivity contribution >= 4 is 11.6 Å². The van der Waals surface area contributed by atoms with Gasteiger partial charge in [0.15, 0.2) is 11.8 Å². The van der Waals surface area contributed by atoms with E-state index in [9.17, 15) is 8.78 Å². The number of para-hydroxylation sites is 2. The smallest absolute Gasteiger partial charge is 0.387 e. The number of hydrogen-bond acceptors (Lipinski definition) is 5. The Kier molecular flexibility index (Phi) is 7.39. The van der Waals surface area contributed by atoms with E-state index in [-0.39, 0.29) is 11.8 Å². The molecule has 10 heteroatoms. The molecule has 174 valence electrons. The number of aromatic nitrogens is 3. The van der Waals surface area contributed by atoms with Crippen LogP contribution in [0, 0.1) is 0 Å². The van der Waals surface area contributed by atoms with Crippen LogP contribution in [0.15, 0.2) is 29.3 Å². The molecule has 1 saturated heterocycles. The van der Waals surface area contributed by atoms with Crippen molar-refractivity contribution in [2.45, 2.75) is 64.8 Å². The van der Waals surface area contributed by atoms with Crippen LogP contribution >= 0.6 is 0 Å². The predicted octanol–water partition coefficient (Wildman–Crippen LogP) is 2.94. The van der Waals surface area contributed by atoms with Crippen molar-refractivity contribution in [3.8, 4) is 5.75 Å². The van der Waals surface area contributed by atoms with Crippen LogP contribution in [0.25, 0.3) is 0 Å². The Hall–Kier alpha value is -2.91. The van der Waals surface area contributed by atoms with Crippen LogP contribution < -0.4 is 20.3 Å². The Bertz CT molecular complexity index is 917. The summed E-state index contributed by atoms with van der Waals surface area (Å²) in [5, 5.41) is 15.5. The van der Waals surface area contributed by atoms with Gasteiger partial charge in [0, 0.05) is 38.6 Å². The molecule has 1 fully saturated rings. The third kappa shape index (κ3) is 5.46. The number of guanidine groups is 1. The average Bonchev–Trinajstić information content (AvgIpc) is 3.32. The molecule has 3 heterocycles. The number of rotatable bonds is 7. The summed E-state index contributed by atoms with van der Waals surface area (Å²) < 4.78 is 32.4. The minimum atomic E-state index is -2.84. The maximum Gasteiger partial charge on any atom is 0.387 e. The summed E-state index contributed by atoms with van der Waals surface area (Å²) in [6, 6.07) is 7.07. The zero-order valence-corrected chi connectivity index (χ0v) is 18.4. The normalized spacial score (nSPS) is 19.1. The summed E-state index contributed by atoms with van der Waals surface area (Å²) >= 11 is 0. The van der Waals surface area contributed by atoms with E-state index in [0.29, 0.717) is 18.8 Å². The molecule has 0 aliphatic carbocycles. The number of aryl methyl sites for hydroxylation is 1. The lowest BCUT2D eigenvalue weighted by Crippen LogP contribution is -2.44. The number of benzene rings is 1. The molecule has 1 atom stereocenters. The molecule has 0 saturated carbocycles. The molecule has 2 N–H and O–H groups in total. The fourth-order valence-corrected chi connectivity index (χ4v) is 4.34. The molecule has 1 unspecified atom stereocenters. The number of nitrogens with one attached hydrogen (secondary N) is 2. The fraction of sp³-hybridized carbons (Fsp3) is 0.591. The first-order chi connectivity index (χ1) is 15.6. The lowest BCUT2D eigenvalue weighted by atomic mass is 10.2. The van der Waals surface area contributed by atoms with E-state index in [4.69, 9.17) is 9.73 Å². The SMILES string of the molecule is CCNC(=NCc1nnc2n1CCCCC2)NC1CCN(c2ccccc2OC(F)F)C1. The Labute approximate surface area is 187 Å². The van der Waals surface area contributed by atoms with Gasteiger partial charge in [-0.2, -0.15) is 8.78 Å². The van der Waals surface area contributed by atoms with Gasteiger partial charge in [0.1, 0.15) is 18.1 Å². The summed E-state index contributed by atoms with van der Waals surface area (Å²) in [5.74, 6) is 2.88. The first kappa shape index (κ1) is 22.3. The third-order valence-corrected chi connectivity index (χ3v) is 5.86. The number of aliphatic imine (C=N–C) groups is 1. The lowest BCUT2D eigenvalue weighted by Gasteiger charge is -2.22. The maximum absolute atomic E-state index is 12.8. The number of ether oxygens (including phenoxy) is 1. The molecule has 0 radical (unpaired) electrons. The molecule has 2 aliphatic heterocycles. The molecule has 0 bridgehead atoms. The molecular weight excluding hydrogens is 416 g/mol. The van der Waals surface area contributed by atoms with Gasteiger partial charge in [-0.05, 0) is 38.3 Å². The van der Waals surface area contributed by atoms with Crippen molar-refractivity contribution in [2.75, 3.05) is 24.5 Å². The minimum Gasteiger partial charge on any atom is -0.433 e. The highest BCUT2D eigenvalue weighted by Crippen LogP contribution is 2.31. The Balaban J connectivity index is 1.40. The van der Waals surface area contributed by atoms with Gasteiger partial charge in [0.05, 0.1) is 5.69 Å². The highest BCUT2D eigenvalue weighted by atomic mass is 19.3. The zero-order valence-electron chi connectivity index (χ0n) is 18.4. The number of halogens is 2. The van der Waals surface area contributed by atoms with Crippen LogP contribution in [0.1, 0.15) is 44.3 Å². The number of nitrogens with zero attached hydrogens (tertiary/aromatic N) is 5. The molecule has 1 aromatic heterocycles. The summed E-state index contributed by atoms with van der Waals surface area (Å²) in [5.41, 5.74) is 0.685. The van der Waals surface area contributed by atoms with Gasteiger partial charge in [-0.25, -0.2) is 4.99 Å². The summed E-state index contributed by atoms with van der Waals surface area (Å²) in [6.45, 7) is 2.77. The van der Waals surface area contributed by atoms with Crippen LogP contribution in [0.2, 0.25) is 0 Å². The first-order valence-electron chi connectivity index (χ1n) is 11.4. The Morgan fingerprint density at radius 3 is 2.94 bits per heavy atom. The summed E-state index contributed by atoms with van der Waals surface area (Å²) in [4.78, 5) is 6.81. The molecular formula is C22H31F2N7O. The summed E-state index contributed by atoms with van der Waals surface area (Å²) in [7, 11) is 0. The van der Waals surface area contributed by atoms with Gasteiger partial charge in [-0.1, -0.05) is 18.6 Å². The molecule has 2 aromatic rings. The van der Waals surface area contributed by atoms with Crippen LogP contribution in [0.3, 0.4) is 0 Å².